The van der Waals surface area contributed by atoms with Gasteiger partial charge in [-0.1, -0.05) is 0 Å². The first kappa shape index (κ1) is 12.8. The number of hydrogen-bond donors (Lipinski definition) is 1. The number of hydrogen-bond acceptors (Lipinski definition) is 4. The van der Waals surface area contributed by atoms with E-state index in [2.05, 4.69) is 5.10 Å². The molecule has 0 aliphatic heterocycles. The summed E-state index contributed by atoms with van der Waals surface area (Å²) in [6.07, 6.45) is -4.21. The molecule has 0 amide bonds. The quantitative estimate of drug-likeness (QED) is 0.805. The van der Waals surface area contributed by atoms with Gasteiger partial charge < -0.3 is 15.2 Å². The minimum absolute atomic E-state index is 0.0577. The Balaban J connectivity index is 3.02. The molecule has 0 fully saturated rings. The minimum Gasteiger partial charge on any atom is -0.396 e. The summed E-state index contributed by atoms with van der Waals surface area (Å²) in [5, 5.41) is 3.53. The van der Waals surface area contributed by atoms with Crippen LogP contribution in [0.3, 0.4) is 0 Å². The highest BCUT2D eigenvalue weighted by atomic mass is 19.4. The predicted molar refractivity (Wildman–Crippen MR) is 49.5 cm³/mol. The van der Waals surface area contributed by atoms with E-state index in [9.17, 15) is 13.2 Å². The fraction of sp³-hybridized carbons (Fsp3) is 0.625. The molecule has 92 valence electrons. The fourth-order valence-electron chi connectivity index (χ4n) is 1.28. The Hall–Kier alpha value is -1.28. The summed E-state index contributed by atoms with van der Waals surface area (Å²) in [5.41, 5.74) is 5.65. The van der Waals surface area contributed by atoms with Crippen molar-refractivity contribution in [3.05, 3.63) is 11.9 Å². The standard InChI is InChI=1S/C8H12F3N3O2/c1-15-7(16-2)6-5(12)3-13-14(6)4-8(9,10)11/h3,7H,4,12H2,1-2H3. The summed E-state index contributed by atoms with van der Waals surface area (Å²) in [7, 11) is 2.61. The van der Waals surface area contributed by atoms with Gasteiger partial charge in [-0.2, -0.15) is 18.3 Å². The number of nitrogens with zero attached hydrogens (tertiary/aromatic N) is 2. The Morgan fingerprint density at radius 2 is 2.00 bits per heavy atom. The molecule has 0 aliphatic rings. The predicted octanol–water partition coefficient (Wildman–Crippen LogP) is 1.32. The summed E-state index contributed by atoms with van der Waals surface area (Å²) in [5.74, 6) is 0. The van der Waals surface area contributed by atoms with Gasteiger partial charge in [-0.15, -0.1) is 0 Å². The Morgan fingerprint density at radius 3 is 2.44 bits per heavy atom. The van der Waals surface area contributed by atoms with Crippen LogP contribution in [-0.2, 0) is 16.0 Å². The number of nitrogens with two attached hydrogens (primary N) is 1. The Bertz CT molecular complexity index is 347. The fourth-order valence-corrected chi connectivity index (χ4v) is 1.28. The Morgan fingerprint density at radius 1 is 1.44 bits per heavy atom. The van der Waals surface area contributed by atoms with E-state index >= 15 is 0 Å². The van der Waals surface area contributed by atoms with Crippen LogP contribution in [0.5, 0.6) is 0 Å². The highest BCUT2D eigenvalue weighted by molar-refractivity contribution is 5.41. The van der Waals surface area contributed by atoms with Crippen LogP contribution in [0.25, 0.3) is 0 Å². The molecule has 0 atom stereocenters. The van der Waals surface area contributed by atoms with Gasteiger partial charge >= 0.3 is 6.18 Å². The van der Waals surface area contributed by atoms with Crippen molar-refractivity contribution in [3.63, 3.8) is 0 Å². The molecule has 0 saturated carbocycles. The van der Waals surface area contributed by atoms with Gasteiger partial charge in [0.2, 0.25) is 6.29 Å². The SMILES string of the molecule is COC(OC)c1c(N)cnn1CC(F)(F)F. The maximum absolute atomic E-state index is 12.2. The van der Waals surface area contributed by atoms with Crippen molar-refractivity contribution in [2.75, 3.05) is 20.0 Å². The topological polar surface area (TPSA) is 62.3 Å². The molecule has 0 aromatic carbocycles. The van der Waals surface area contributed by atoms with Crippen LogP contribution < -0.4 is 5.73 Å². The van der Waals surface area contributed by atoms with Crippen LogP contribution in [0.1, 0.15) is 12.0 Å². The lowest BCUT2D eigenvalue weighted by Gasteiger charge is -2.17. The van der Waals surface area contributed by atoms with Gasteiger partial charge in [-0.25, -0.2) is 0 Å². The second-order valence-electron chi connectivity index (χ2n) is 3.06. The third-order valence-electron chi connectivity index (χ3n) is 1.89. The van der Waals surface area contributed by atoms with E-state index in [1.165, 1.54) is 14.2 Å². The summed E-state index contributed by atoms with van der Waals surface area (Å²) < 4.78 is 47.1. The van der Waals surface area contributed by atoms with Crippen molar-refractivity contribution in [2.45, 2.75) is 19.0 Å². The summed E-state index contributed by atoms with van der Waals surface area (Å²) in [6.45, 7) is -1.23. The lowest BCUT2D eigenvalue weighted by Crippen LogP contribution is -2.22. The van der Waals surface area contributed by atoms with Gasteiger partial charge in [-0.3, -0.25) is 4.68 Å². The number of aromatic nitrogens is 2. The van der Waals surface area contributed by atoms with Gasteiger partial charge in [0.15, 0.2) is 0 Å². The average Bonchev–Trinajstić information content (AvgIpc) is 2.49. The maximum atomic E-state index is 12.2. The first-order valence-corrected chi connectivity index (χ1v) is 4.32. The molecule has 0 bridgehead atoms. The molecule has 0 saturated heterocycles. The normalized spacial score (nSPS) is 12.4. The van der Waals surface area contributed by atoms with Crippen LogP contribution in [0.2, 0.25) is 0 Å². The van der Waals surface area contributed by atoms with Crippen molar-refractivity contribution in [2.24, 2.45) is 0 Å². The van der Waals surface area contributed by atoms with E-state index in [0.717, 1.165) is 6.20 Å². The van der Waals surface area contributed by atoms with Crippen LogP contribution in [0, 0.1) is 0 Å². The van der Waals surface area contributed by atoms with Gasteiger partial charge in [0.25, 0.3) is 0 Å². The number of halogens is 3. The minimum atomic E-state index is -4.38. The average molecular weight is 239 g/mol. The molecule has 1 aromatic heterocycles. The lowest BCUT2D eigenvalue weighted by molar-refractivity contribution is -0.148. The van der Waals surface area contributed by atoms with Gasteiger partial charge in [0.1, 0.15) is 12.2 Å². The second kappa shape index (κ2) is 4.71. The zero-order valence-electron chi connectivity index (χ0n) is 8.78. The largest absolute Gasteiger partial charge is 0.408 e. The van der Waals surface area contributed by atoms with E-state index in [-0.39, 0.29) is 11.4 Å². The molecule has 0 spiro atoms. The number of nitrogen functional groups attached to an aromatic ring is 1. The summed E-state index contributed by atoms with van der Waals surface area (Å²) in [6, 6.07) is 0. The molecule has 16 heavy (non-hydrogen) atoms. The highest BCUT2D eigenvalue weighted by Crippen LogP contribution is 2.26. The summed E-state index contributed by atoms with van der Waals surface area (Å²) >= 11 is 0. The molecule has 8 heteroatoms. The van der Waals surface area contributed by atoms with Gasteiger partial charge in [0, 0.05) is 14.2 Å². The smallest absolute Gasteiger partial charge is 0.396 e. The molecular formula is C8H12F3N3O2. The summed E-state index contributed by atoms with van der Waals surface area (Å²) in [4.78, 5) is 0. The molecule has 1 aromatic rings. The molecule has 1 rings (SSSR count). The number of alkyl halides is 3. The lowest BCUT2D eigenvalue weighted by atomic mass is 10.3. The van der Waals surface area contributed by atoms with Crippen molar-refractivity contribution < 1.29 is 22.6 Å². The third-order valence-corrected chi connectivity index (χ3v) is 1.89. The zero-order valence-corrected chi connectivity index (χ0v) is 8.78. The first-order chi connectivity index (χ1) is 7.39. The zero-order chi connectivity index (χ0) is 12.3. The molecular weight excluding hydrogens is 227 g/mol. The van der Waals surface area contributed by atoms with E-state index in [0.29, 0.717) is 4.68 Å². The monoisotopic (exact) mass is 239 g/mol. The van der Waals surface area contributed by atoms with Crippen molar-refractivity contribution in [1.82, 2.24) is 9.78 Å². The number of methoxy groups -OCH3 is 2. The molecule has 0 radical (unpaired) electrons. The molecule has 0 aliphatic carbocycles. The molecule has 0 unspecified atom stereocenters. The third kappa shape index (κ3) is 2.86. The van der Waals surface area contributed by atoms with Crippen LogP contribution in [-0.4, -0.2) is 30.2 Å². The maximum Gasteiger partial charge on any atom is 0.408 e. The Labute approximate surface area is 89.9 Å². The van der Waals surface area contributed by atoms with E-state index in [1.54, 1.807) is 0 Å². The van der Waals surface area contributed by atoms with Crippen LogP contribution in [0.4, 0.5) is 18.9 Å². The molecule has 2 N–H and O–H groups in total. The van der Waals surface area contributed by atoms with Crippen molar-refractivity contribution in [3.8, 4) is 0 Å². The van der Waals surface area contributed by atoms with E-state index in [4.69, 9.17) is 15.2 Å². The van der Waals surface area contributed by atoms with Crippen LogP contribution in [0.15, 0.2) is 6.20 Å². The van der Waals surface area contributed by atoms with Gasteiger partial charge in [0.05, 0.1) is 11.9 Å². The van der Waals surface area contributed by atoms with Gasteiger partial charge in [-0.05, 0) is 0 Å². The van der Waals surface area contributed by atoms with E-state index < -0.39 is 19.0 Å². The van der Waals surface area contributed by atoms with Crippen molar-refractivity contribution >= 4 is 5.69 Å². The Kier molecular flexibility index (Phi) is 3.76. The van der Waals surface area contributed by atoms with E-state index in [1.807, 2.05) is 0 Å². The molecule has 5 nitrogen and oxygen atoms in total. The number of ether oxygens (including phenoxy) is 2. The van der Waals surface area contributed by atoms with Crippen LogP contribution >= 0.6 is 0 Å². The highest BCUT2D eigenvalue weighted by Gasteiger charge is 2.31. The number of rotatable bonds is 4. The molecule has 1 heterocycles. The number of anilines is 1. The first-order valence-electron chi connectivity index (χ1n) is 4.32. The van der Waals surface area contributed by atoms with Crippen molar-refractivity contribution in [1.29, 1.82) is 0 Å². The second-order valence-corrected chi connectivity index (χ2v) is 3.06.